The molecule has 0 aliphatic carbocycles. The van der Waals surface area contributed by atoms with E-state index in [0.717, 1.165) is 84.0 Å². The molecule has 0 saturated heterocycles. The fourth-order valence-corrected chi connectivity index (χ4v) is 4.30. The third-order valence-corrected chi connectivity index (χ3v) is 6.61. The smallest absolute Gasteiger partial charge is 0.204 e. The van der Waals surface area contributed by atoms with Crippen molar-refractivity contribution in [2.75, 3.05) is 50.4 Å². The first kappa shape index (κ1) is 29.3. The second-order valence-corrected chi connectivity index (χ2v) is 9.60. The third kappa shape index (κ3) is 8.32. The molecule has 0 fully saturated rings. The van der Waals surface area contributed by atoms with E-state index in [-0.39, 0.29) is 0 Å². The van der Waals surface area contributed by atoms with Crippen LogP contribution < -0.4 is 18.9 Å². The summed E-state index contributed by atoms with van der Waals surface area (Å²) in [5.41, 5.74) is 4.23. The second kappa shape index (κ2) is 16.7. The molecule has 0 aliphatic heterocycles. The number of hydrogen-bond donors (Lipinski definition) is 4. The molecule has 34 heavy (non-hydrogen) atoms. The van der Waals surface area contributed by atoms with Crippen molar-refractivity contribution in [3.05, 3.63) is 35.4 Å². The molecule has 0 aliphatic rings. The fraction of sp³-hybridized carbons (Fsp3) is 0.538. The molecule has 2 aromatic carbocycles. The van der Waals surface area contributed by atoms with Gasteiger partial charge < -0.3 is 18.9 Å². The number of thiol groups is 4. The summed E-state index contributed by atoms with van der Waals surface area (Å²) in [6.07, 6.45) is 5.39. The molecule has 0 bridgehead atoms. The van der Waals surface area contributed by atoms with Gasteiger partial charge in [-0.25, -0.2) is 0 Å². The molecule has 0 atom stereocenters. The fourth-order valence-electron chi connectivity index (χ4n) is 3.72. The zero-order valence-electron chi connectivity index (χ0n) is 20.2. The molecular weight excluding hydrogens is 505 g/mol. The van der Waals surface area contributed by atoms with Gasteiger partial charge in [-0.3, -0.25) is 0 Å². The van der Waals surface area contributed by atoms with Gasteiger partial charge in [0.2, 0.25) is 5.75 Å². The number of benzene rings is 2. The predicted molar refractivity (Wildman–Crippen MR) is 157 cm³/mol. The largest absolute Gasteiger partial charge is 0.493 e. The van der Waals surface area contributed by atoms with Gasteiger partial charge in [-0.2, -0.15) is 50.5 Å². The molecule has 8 heteroatoms. The lowest BCUT2D eigenvalue weighted by atomic mass is 9.95. The highest BCUT2D eigenvalue weighted by Gasteiger charge is 2.24. The first-order valence-electron chi connectivity index (χ1n) is 11.7. The summed E-state index contributed by atoms with van der Waals surface area (Å²) in [6, 6.07) is 8.55. The summed E-state index contributed by atoms with van der Waals surface area (Å²) in [4.78, 5) is 0. The van der Waals surface area contributed by atoms with E-state index in [1.807, 2.05) is 0 Å². The van der Waals surface area contributed by atoms with Crippen LogP contribution in [0.25, 0.3) is 11.1 Å². The Hall–Kier alpha value is -0.960. The van der Waals surface area contributed by atoms with Gasteiger partial charge in [-0.05, 0) is 90.9 Å². The number of rotatable bonds is 17. The maximum Gasteiger partial charge on any atom is 0.204 e. The summed E-state index contributed by atoms with van der Waals surface area (Å²) >= 11 is 17.5. The number of ether oxygens (including phenoxy) is 4. The van der Waals surface area contributed by atoms with Crippen molar-refractivity contribution in [2.24, 2.45) is 0 Å². The van der Waals surface area contributed by atoms with Gasteiger partial charge in [0.15, 0.2) is 11.5 Å². The van der Waals surface area contributed by atoms with Crippen LogP contribution in [0.15, 0.2) is 24.3 Å². The van der Waals surface area contributed by atoms with Gasteiger partial charge in [-0.15, -0.1) is 0 Å². The molecule has 0 spiro atoms. The average molecular weight is 543 g/mol. The van der Waals surface area contributed by atoms with Crippen molar-refractivity contribution in [1.82, 2.24) is 0 Å². The Balaban J connectivity index is 2.72. The molecule has 0 radical (unpaired) electrons. The molecule has 2 rings (SSSR count). The van der Waals surface area contributed by atoms with Crippen LogP contribution in [-0.2, 0) is 12.8 Å². The SMILES string of the molecule is COc1c(CCCS)cc(-c2cc(CCCS)ccc2OCCCS)c(OCCCS)c1OC. The van der Waals surface area contributed by atoms with Crippen LogP contribution in [0.3, 0.4) is 0 Å². The Labute approximate surface area is 227 Å². The van der Waals surface area contributed by atoms with Crippen LogP contribution >= 0.6 is 50.5 Å². The summed E-state index contributed by atoms with van der Waals surface area (Å²) in [7, 11) is 3.33. The standard InChI is InChI=1S/C26H38O4S4/c1-27-24-20(8-4-14-32)18-22(25(26(24)28-2)30-12-6-16-34)21-17-19(7-3-13-31)9-10-23(21)29-11-5-15-33/h9-10,17-18,31-34H,3-8,11-16H2,1-2H3. The van der Waals surface area contributed by atoms with Crippen molar-refractivity contribution in [2.45, 2.75) is 38.5 Å². The van der Waals surface area contributed by atoms with E-state index in [0.29, 0.717) is 30.5 Å². The maximum atomic E-state index is 6.31. The van der Waals surface area contributed by atoms with Crippen molar-refractivity contribution >= 4 is 50.5 Å². The second-order valence-electron chi connectivity index (χ2n) is 7.81. The molecule has 0 N–H and O–H groups in total. The lowest BCUT2D eigenvalue weighted by molar-refractivity contribution is 0.284. The molecule has 0 heterocycles. The van der Waals surface area contributed by atoms with Gasteiger partial charge >= 0.3 is 0 Å². The lowest BCUT2D eigenvalue weighted by Crippen LogP contribution is -2.06. The van der Waals surface area contributed by atoms with Crippen LogP contribution in [0, 0.1) is 0 Å². The van der Waals surface area contributed by atoms with Crippen LogP contribution in [0.2, 0.25) is 0 Å². The summed E-state index contributed by atoms with van der Waals surface area (Å²) in [6.45, 7) is 1.13. The molecule has 0 amide bonds. The summed E-state index contributed by atoms with van der Waals surface area (Å²) < 4.78 is 24.2. The molecule has 4 nitrogen and oxygen atoms in total. The molecule has 2 aromatic rings. The molecule has 0 saturated carbocycles. The minimum absolute atomic E-state index is 0.529. The van der Waals surface area contributed by atoms with Gasteiger partial charge in [0.05, 0.1) is 27.4 Å². The van der Waals surface area contributed by atoms with E-state index in [9.17, 15) is 0 Å². The molecular formula is C26H38O4S4. The van der Waals surface area contributed by atoms with Crippen LogP contribution in [0.4, 0.5) is 0 Å². The Kier molecular flexibility index (Phi) is 14.3. The normalized spacial score (nSPS) is 10.9. The summed E-state index contributed by atoms with van der Waals surface area (Å²) in [5, 5.41) is 0. The van der Waals surface area contributed by atoms with Crippen molar-refractivity contribution in [3.8, 4) is 34.1 Å². The Morgan fingerprint density at radius 2 is 1.24 bits per heavy atom. The zero-order chi connectivity index (χ0) is 24.8. The van der Waals surface area contributed by atoms with E-state index in [1.54, 1.807) is 14.2 Å². The highest BCUT2D eigenvalue weighted by Crippen LogP contribution is 2.49. The highest BCUT2D eigenvalue weighted by atomic mass is 32.1. The van der Waals surface area contributed by atoms with Crippen molar-refractivity contribution in [3.63, 3.8) is 0 Å². The number of methoxy groups -OCH3 is 2. The summed E-state index contributed by atoms with van der Waals surface area (Å²) in [5.74, 6) is 5.96. The topological polar surface area (TPSA) is 36.9 Å². The zero-order valence-corrected chi connectivity index (χ0v) is 23.8. The van der Waals surface area contributed by atoms with E-state index in [1.165, 1.54) is 5.56 Å². The van der Waals surface area contributed by atoms with Crippen LogP contribution in [0.5, 0.6) is 23.0 Å². The van der Waals surface area contributed by atoms with Crippen LogP contribution in [-0.4, -0.2) is 50.4 Å². The first-order valence-corrected chi connectivity index (χ1v) is 14.3. The first-order chi connectivity index (χ1) is 16.6. The molecule has 190 valence electrons. The highest BCUT2D eigenvalue weighted by molar-refractivity contribution is 7.80. The minimum Gasteiger partial charge on any atom is -0.493 e. The molecule has 0 unspecified atom stereocenters. The van der Waals surface area contributed by atoms with Gasteiger partial charge in [0, 0.05) is 11.1 Å². The van der Waals surface area contributed by atoms with E-state index >= 15 is 0 Å². The monoisotopic (exact) mass is 542 g/mol. The van der Waals surface area contributed by atoms with Gasteiger partial charge in [0.25, 0.3) is 0 Å². The maximum absolute atomic E-state index is 6.31. The van der Waals surface area contributed by atoms with E-state index in [4.69, 9.17) is 18.9 Å². The predicted octanol–water partition coefficient (Wildman–Crippen LogP) is 6.49. The number of hydrogen-bond acceptors (Lipinski definition) is 8. The Morgan fingerprint density at radius 3 is 1.85 bits per heavy atom. The lowest BCUT2D eigenvalue weighted by Gasteiger charge is -2.22. The third-order valence-electron chi connectivity index (χ3n) is 5.35. The minimum atomic E-state index is 0.529. The number of aryl methyl sites for hydroxylation is 2. The van der Waals surface area contributed by atoms with Gasteiger partial charge in [0.1, 0.15) is 5.75 Å². The quantitative estimate of drug-likeness (QED) is 0.136. The van der Waals surface area contributed by atoms with Crippen molar-refractivity contribution in [1.29, 1.82) is 0 Å². The van der Waals surface area contributed by atoms with Crippen LogP contribution in [0.1, 0.15) is 36.8 Å². The van der Waals surface area contributed by atoms with Gasteiger partial charge in [-0.1, -0.05) is 6.07 Å². The average Bonchev–Trinajstić information content (AvgIpc) is 2.86. The molecule has 0 aromatic heterocycles. The van der Waals surface area contributed by atoms with E-state index in [2.05, 4.69) is 74.8 Å². The Morgan fingerprint density at radius 1 is 0.618 bits per heavy atom. The van der Waals surface area contributed by atoms with Crippen molar-refractivity contribution < 1.29 is 18.9 Å². The Bertz CT molecular complexity index is 876. The van der Waals surface area contributed by atoms with E-state index < -0.39 is 0 Å².